The number of halogens is 1. The SMILES string of the molecule is OCc1cccc(NCc2cn[nH]c2-c2ccc(F)cc2)c1. The quantitative estimate of drug-likeness (QED) is 0.677. The van der Waals surface area contributed by atoms with E-state index in [2.05, 4.69) is 15.5 Å². The standard InChI is InChI=1S/C17H16FN3O/c18-15-6-4-13(5-7-15)17-14(10-20-21-17)9-19-16-3-1-2-12(8-16)11-22/h1-8,10,19,22H,9,11H2,(H,20,21). The van der Waals surface area contributed by atoms with Crippen LogP contribution >= 0.6 is 0 Å². The van der Waals surface area contributed by atoms with Crippen molar-refractivity contribution in [1.29, 1.82) is 0 Å². The minimum Gasteiger partial charge on any atom is -0.392 e. The molecule has 0 aliphatic carbocycles. The van der Waals surface area contributed by atoms with Crippen molar-refractivity contribution in [2.24, 2.45) is 0 Å². The third kappa shape index (κ3) is 3.15. The third-order valence-corrected chi connectivity index (χ3v) is 3.44. The van der Waals surface area contributed by atoms with E-state index >= 15 is 0 Å². The van der Waals surface area contributed by atoms with Gasteiger partial charge in [-0.15, -0.1) is 0 Å². The van der Waals surface area contributed by atoms with Crippen LogP contribution in [0.5, 0.6) is 0 Å². The van der Waals surface area contributed by atoms with Gasteiger partial charge in [-0.3, -0.25) is 5.10 Å². The van der Waals surface area contributed by atoms with Crippen LogP contribution in [0, 0.1) is 5.82 Å². The number of hydrogen-bond donors (Lipinski definition) is 3. The lowest BCUT2D eigenvalue weighted by molar-refractivity contribution is 0.282. The van der Waals surface area contributed by atoms with Crippen molar-refractivity contribution in [2.45, 2.75) is 13.2 Å². The Bertz CT molecular complexity index is 753. The lowest BCUT2D eigenvalue weighted by Crippen LogP contribution is -2.00. The van der Waals surface area contributed by atoms with Crippen molar-refractivity contribution < 1.29 is 9.50 Å². The minimum absolute atomic E-state index is 0.0159. The molecule has 0 saturated heterocycles. The van der Waals surface area contributed by atoms with Gasteiger partial charge in [0.25, 0.3) is 0 Å². The zero-order valence-corrected chi connectivity index (χ0v) is 11.9. The molecule has 5 heteroatoms. The van der Waals surface area contributed by atoms with Crippen molar-refractivity contribution in [3.8, 4) is 11.3 Å². The summed E-state index contributed by atoms with van der Waals surface area (Å²) in [6, 6.07) is 13.9. The summed E-state index contributed by atoms with van der Waals surface area (Å²) in [6.45, 7) is 0.597. The van der Waals surface area contributed by atoms with Gasteiger partial charge >= 0.3 is 0 Å². The highest BCUT2D eigenvalue weighted by molar-refractivity contribution is 5.63. The molecule has 0 unspecified atom stereocenters. The Hall–Kier alpha value is -2.66. The predicted molar refractivity (Wildman–Crippen MR) is 83.7 cm³/mol. The Morgan fingerprint density at radius 3 is 2.73 bits per heavy atom. The van der Waals surface area contributed by atoms with Gasteiger partial charge in [-0.2, -0.15) is 5.10 Å². The molecule has 1 aromatic heterocycles. The van der Waals surface area contributed by atoms with Gasteiger partial charge in [0.1, 0.15) is 5.82 Å². The minimum atomic E-state index is -0.260. The first-order chi connectivity index (χ1) is 10.8. The van der Waals surface area contributed by atoms with E-state index in [1.165, 1.54) is 12.1 Å². The van der Waals surface area contributed by atoms with Crippen LogP contribution in [0.25, 0.3) is 11.3 Å². The molecule has 22 heavy (non-hydrogen) atoms. The third-order valence-electron chi connectivity index (χ3n) is 3.44. The van der Waals surface area contributed by atoms with Crippen LogP contribution < -0.4 is 5.32 Å². The summed E-state index contributed by atoms with van der Waals surface area (Å²) in [5.41, 5.74) is 4.53. The topological polar surface area (TPSA) is 60.9 Å². The summed E-state index contributed by atoms with van der Waals surface area (Å²) < 4.78 is 13.0. The zero-order chi connectivity index (χ0) is 15.4. The fraction of sp³-hybridized carbons (Fsp3) is 0.118. The highest BCUT2D eigenvalue weighted by Gasteiger charge is 2.08. The van der Waals surface area contributed by atoms with Crippen LogP contribution in [-0.4, -0.2) is 15.3 Å². The molecule has 0 aliphatic heterocycles. The van der Waals surface area contributed by atoms with E-state index in [0.717, 1.165) is 28.1 Å². The molecule has 0 radical (unpaired) electrons. The van der Waals surface area contributed by atoms with Gasteiger partial charge < -0.3 is 10.4 Å². The number of aromatic nitrogens is 2. The van der Waals surface area contributed by atoms with E-state index in [0.29, 0.717) is 6.54 Å². The lowest BCUT2D eigenvalue weighted by Gasteiger charge is -2.08. The van der Waals surface area contributed by atoms with Crippen LogP contribution in [0.15, 0.2) is 54.7 Å². The molecule has 112 valence electrons. The van der Waals surface area contributed by atoms with E-state index in [1.54, 1.807) is 18.3 Å². The summed E-state index contributed by atoms with van der Waals surface area (Å²) >= 11 is 0. The molecule has 1 heterocycles. The van der Waals surface area contributed by atoms with Crippen molar-refractivity contribution in [1.82, 2.24) is 10.2 Å². The molecule has 2 aromatic carbocycles. The molecule has 0 atom stereocenters. The maximum Gasteiger partial charge on any atom is 0.123 e. The number of benzene rings is 2. The molecule has 3 rings (SSSR count). The van der Waals surface area contributed by atoms with E-state index in [4.69, 9.17) is 5.11 Å². The van der Waals surface area contributed by atoms with Gasteiger partial charge in [-0.25, -0.2) is 4.39 Å². The van der Waals surface area contributed by atoms with Crippen LogP contribution in [0.3, 0.4) is 0 Å². The smallest absolute Gasteiger partial charge is 0.123 e. The first-order valence-electron chi connectivity index (χ1n) is 6.98. The van der Waals surface area contributed by atoms with Crippen molar-refractivity contribution in [3.63, 3.8) is 0 Å². The summed E-state index contributed by atoms with van der Waals surface area (Å²) in [4.78, 5) is 0. The molecule has 3 aromatic rings. The predicted octanol–water partition coefficient (Wildman–Crippen LogP) is 3.32. The highest BCUT2D eigenvalue weighted by atomic mass is 19.1. The first-order valence-corrected chi connectivity index (χ1v) is 6.98. The van der Waals surface area contributed by atoms with Gasteiger partial charge in [0.2, 0.25) is 0 Å². The first kappa shape index (κ1) is 14.3. The Morgan fingerprint density at radius 2 is 1.95 bits per heavy atom. The molecule has 0 amide bonds. The van der Waals surface area contributed by atoms with E-state index in [-0.39, 0.29) is 12.4 Å². The number of rotatable bonds is 5. The molecule has 0 aliphatic rings. The van der Waals surface area contributed by atoms with Crippen LogP contribution in [0.4, 0.5) is 10.1 Å². The Balaban J connectivity index is 1.76. The van der Waals surface area contributed by atoms with Crippen molar-refractivity contribution >= 4 is 5.69 Å². The Morgan fingerprint density at radius 1 is 1.14 bits per heavy atom. The number of nitrogens with one attached hydrogen (secondary N) is 2. The summed E-state index contributed by atoms with van der Waals surface area (Å²) in [5.74, 6) is -0.260. The monoisotopic (exact) mass is 297 g/mol. The zero-order valence-electron chi connectivity index (χ0n) is 11.9. The van der Waals surface area contributed by atoms with E-state index < -0.39 is 0 Å². The summed E-state index contributed by atoms with van der Waals surface area (Å²) in [7, 11) is 0. The number of nitrogens with zero attached hydrogens (tertiary/aromatic N) is 1. The number of anilines is 1. The maximum atomic E-state index is 13.0. The molecule has 0 fully saturated rings. The molecule has 4 nitrogen and oxygen atoms in total. The molecule has 0 saturated carbocycles. The van der Waals surface area contributed by atoms with Crippen LogP contribution in [0.1, 0.15) is 11.1 Å². The second kappa shape index (κ2) is 6.41. The van der Waals surface area contributed by atoms with E-state index in [1.807, 2.05) is 24.3 Å². The fourth-order valence-electron chi connectivity index (χ4n) is 2.29. The molecular formula is C17H16FN3O. The van der Waals surface area contributed by atoms with Crippen LogP contribution in [-0.2, 0) is 13.2 Å². The normalized spacial score (nSPS) is 10.6. The average Bonchev–Trinajstić information content (AvgIpc) is 3.02. The molecule has 0 spiro atoms. The molecule has 0 bridgehead atoms. The lowest BCUT2D eigenvalue weighted by atomic mass is 10.1. The van der Waals surface area contributed by atoms with Crippen LogP contribution in [0.2, 0.25) is 0 Å². The van der Waals surface area contributed by atoms with Crippen molar-refractivity contribution in [3.05, 3.63) is 71.7 Å². The van der Waals surface area contributed by atoms with Crippen molar-refractivity contribution in [2.75, 3.05) is 5.32 Å². The fourth-order valence-corrected chi connectivity index (χ4v) is 2.29. The van der Waals surface area contributed by atoms with Gasteiger partial charge in [0, 0.05) is 23.4 Å². The number of aliphatic hydroxyl groups excluding tert-OH is 1. The second-order valence-corrected chi connectivity index (χ2v) is 4.99. The molecule has 3 N–H and O–H groups in total. The number of aromatic amines is 1. The van der Waals surface area contributed by atoms with Gasteiger partial charge in [0.15, 0.2) is 0 Å². The number of H-pyrrole nitrogens is 1. The van der Waals surface area contributed by atoms with E-state index in [9.17, 15) is 4.39 Å². The Kier molecular flexibility index (Phi) is 4.16. The second-order valence-electron chi connectivity index (χ2n) is 4.99. The highest BCUT2D eigenvalue weighted by Crippen LogP contribution is 2.22. The average molecular weight is 297 g/mol. The molecular weight excluding hydrogens is 281 g/mol. The largest absolute Gasteiger partial charge is 0.392 e. The van der Waals surface area contributed by atoms with Gasteiger partial charge in [0.05, 0.1) is 18.5 Å². The number of aliphatic hydroxyl groups is 1. The van der Waals surface area contributed by atoms with Gasteiger partial charge in [-0.05, 0) is 42.0 Å². The van der Waals surface area contributed by atoms with Gasteiger partial charge in [-0.1, -0.05) is 12.1 Å². The Labute approximate surface area is 127 Å². The maximum absolute atomic E-state index is 13.0. The number of hydrogen-bond acceptors (Lipinski definition) is 3. The summed E-state index contributed by atoms with van der Waals surface area (Å²) in [5, 5.41) is 19.5. The summed E-state index contributed by atoms with van der Waals surface area (Å²) in [6.07, 6.45) is 1.75.